The minimum atomic E-state index is -0.658. The number of aliphatic hydroxyl groups excluding tert-OH is 1. The standard InChI is InChI=1S/C19H32N2O5/c1-2-20-18(23)9-15-7-8-16-17(26-15)12-25-11-14(22)10-21(16)19(24)13-5-3-4-6-13/h13-17,22H,2-12H2,1H3,(H,20,23)/t14-,15-,16-,17+/m0/s1. The van der Waals surface area contributed by atoms with Crippen LogP contribution in [0.15, 0.2) is 0 Å². The van der Waals surface area contributed by atoms with Crippen LogP contribution in [0, 0.1) is 5.92 Å². The molecule has 2 heterocycles. The van der Waals surface area contributed by atoms with Crippen molar-refractivity contribution in [1.29, 1.82) is 0 Å². The fraction of sp³-hybridized carbons (Fsp3) is 0.895. The van der Waals surface area contributed by atoms with E-state index in [1.54, 1.807) is 0 Å². The number of rotatable bonds is 4. The zero-order valence-corrected chi connectivity index (χ0v) is 15.7. The van der Waals surface area contributed by atoms with Crippen LogP contribution in [-0.2, 0) is 19.1 Å². The van der Waals surface area contributed by atoms with Crippen molar-refractivity contribution >= 4 is 11.8 Å². The van der Waals surface area contributed by atoms with Gasteiger partial charge in [-0.05, 0) is 32.6 Å². The van der Waals surface area contributed by atoms with E-state index in [9.17, 15) is 14.7 Å². The number of carbonyl (C=O) groups is 2. The van der Waals surface area contributed by atoms with E-state index in [0.717, 1.165) is 38.5 Å². The van der Waals surface area contributed by atoms with Crippen molar-refractivity contribution in [2.45, 2.75) is 76.2 Å². The maximum atomic E-state index is 13.1. The maximum Gasteiger partial charge on any atom is 0.226 e. The number of aliphatic hydroxyl groups is 1. The zero-order valence-electron chi connectivity index (χ0n) is 15.7. The fourth-order valence-electron chi connectivity index (χ4n) is 4.48. The minimum Gasteiger partial charge on any atom is -0.389 e. The molecule has 3 fully saturated rings. The van der Waals surface area contributed by atoms with Crippen LogP contribution in [0.4, 0.5) is 0 Å². The van der Waals surface area contributed by atoms with Gasteiger partial charge in [0, 0.05) is 19.0 Å². The number of ether oxygens (including phenoxy) is 2. The topological polar surface area (TPSA) is 88.1 Å². The van der Waals surface area contributed by atoms with Gasteiger partial charge in [-0.15, -0.1) is 0 Å². The second-order valence-electron chi connectivity index (χ2n) is 7.76. The first-order valence-corrected chi connectivity index (χ1v) is 10.1. The molecule has 0 aromatic rings. The highest BCUT2D eigenvalue weighted by Gasteiger charge is 2.41. The Balaban J connectivity index is 1.67. The van der Waals surface area contributed by atoms with Gasteiger partial charge in [-0.3, -0.25) is 9.59 Å². The Bertz CT molecular complexity index is 494. The number of β-amino-alcohol motifs (C(OH)–C–C–N with tert-alkyl or cyclic N) is 1. The van der Waals surface area contributed by atoms with E-state index >= 15 is 0 Å². The fourth-order valence-corrected chi connectivity index (χ4v) is 4.48. The maximum absolute atomic E-state index is 13.1. The summed E-state index contributed by atoms with van der Waals surface area (Å²) in [5.41, 5.74) is 0. The van der Waals surface area contributed by atoms with Crippen molar-refractivity contribution in [2.75, 3.05) is 26.3 Å². The van der Waals surface area contributed by atoms with Crippen LogP contribution in [0.25, 0.3) is 0 Å². The number of nitrogens with zero attached hydrogens (tertiary/aromatic N) is 1. The monoisotopic (exact) mass is 368 g/mol. The summed E-state index contributed by atoms with van der Waals surface area (Å²) in [6.45, 7) is 3.38. The largest absolute Gasteiger partial charge is 0.389 e. The van der Waals surface area contributed by atoms with Gasteiger partial charge in [-0.25, -0.2) is 0 Å². The molecule has 1 aliphatic carbocycles. The van der Waals surface area contributed by atoms with Crippen molar-refractivity contribution in [3.05, 3.63) is 0 Å². The first-order valence-electron chi connectivity index (χ1n) is 10.1. The molecule has 2 saturated heterocycles. The minimum absolute atomic E-state index is 0.00276. The average molecular weight is 368 g/mol. The summed E-state index contributed by atoms with van der Waals surface area (Å²) in [4.78, 5) is 26.8. The molecule has 0 aromatic carbocycles. The third-order valence-corrected chi connectivity index (χ3v) is 5.76. The Morgan fingerprint density at radius 2 is 1.92 bits per heavy atom. The Hall–Kier alpha value is -1.18. The van der Waals surface area contributed by atoms with Crippen molar-refractivity contribution < 1.29 is 24.2 Å². The molecule has 2 aliphatic heterocycles. The molecule has 0 aromatic heterocycles. The molecular formula is C19H32N2O5. The van der Waals surface area contributed by atoms with Gasteiger partial charge in [0.05, 0.1) is 37.9 Å². The summed E-state index contributed by atoms with van der Waals surface area (Å²) in [5, 5.41) is 13.0. The molecule has 0 spiro atoms. The van der Waals surface area contributed by atoms with Crippen LogP contribution in [-0.4, -0.2) is 72.5 Å². The molecular weight excluding hydrogens is 336 g/mol. The Morgan fingerprint density at radius 1 is 1.15 bits per heavy atom. The molecule has 0 unspecified atom stereocenters. The van der Waals surface area contributed by atoms with Gasteiger partial charge in [0.1, 0.15) is 6.10 Å². The summed E-state index contributed by atoms with van der Waals surface area (Å²) >= 11 is 0. The summed E-state index contributed by atoms with van der Waals surface area (Å²) in [6.07, 6.45) is 4.93. The molecule has 148 valence electrons. The van der Waals surface area contributed by atoms with E-state index in [1.165, 1.54) is 0 Å². The molecule has 7 nitrogen and oxygen atoms in total. The average Bonchev–Trinajstić information content (AvgIpc) is 3.13. The van der Waals surface area contributed by atoms with E-state index in [-0.39, 0.29) is 42.6 Å². The normalized spacial score (nSPS) is 33.2. The lowest BCUT2D eigenvalue weighted by Gasteiger charge is -2.45. The van der Waals surface area contributed by atoms with E-state index < -0.39 is 6.10 Å². The highest BCUT2D eigenvalue weighted by molar-refractivity contribution is 5.79. The summed E-state index contributed by atoms with van der Waals surface area (Å²) in [6, 6.07) is -0.0801. The summed E-state index contributed by atoms with van der Waals surface area (Å²) < 4.78 is 11.8. The van der Waals surface area contributed by atoms with Gasteiger partial charge in [-0.2, -0.15) is 0 Å². The third-order valence-electron chi connectivity index (χ3n) is 5.76. The van der Waals surface area contributed by atoms with Gasteiger partial charge in [0.15, 0.2) is 0 Å². The van der Waals surface area contributed by atoms with Crippen LogP contribution in [0.2, 0.25) is 0 Å². The van der Waals surface area contributed by atoms with Gasteiger partial charge in [0.2, 0.25) is 11.8 Å². The van der Waals surface area contributed by atoms with Crippen molar-refractivity contribution in [3.8, 4) is 0 Å². The number of amides is 2. The molecule has 2 N–H and O–H groups in total. The van der Waals surface area contributed by atoms with Crippen LogP contribution in [0.5, 0.6) is 0 Å². The zero-order chi connectivity index (χ0) is 18.5. The molecule has 0 bridgehead atoms. The molecule has 4 atom stereocenters. The van der Waals surface area contributed by atoms with Crippen LogP contribution < -0.4 is 5.32 Å². The van der Waals surface area contributed by atoms with E-state index in [4.69, 9.17) is 9.47 Å². The van der Waals surface area contributed by atoms with Gasteiger partial charge in [0.25, 0.3) is 0 Å². The van der Waals surface area contributed by atoms with Gasteiger partial charge >= 0.3 is 0 Å². The van der Waals surface area contributed by atoms with Crippen molar-refractivity contribution in [3.63, 3.8) is 0 Å². The van der Waals surface area contributed by atoms with Gasteiger partial charge in [-0.1, -0.05) is 12.8 Å². The molecule has 7 heteroatoms. The first kappa shape index (κ1) is 19.6. The van der Waals surface area contributed by atoms with Gasteiger partial charge < -0.3 is 24.8 Å². The second kappa shape index (κ2) is 9.15. The highest BCUT2D eigenvalue weighted by Crippen LogP contribution is 2.32. The van der Waals surface area contributed by atoms with Crippen LogP contribution in [0.1, 0.15) is 51.9 Å². The van der Waals surface area contributed by atoms with E-state index in [2.05, 4.69) is 5.32 Å². The predicted octanol–water partition coefficient (Wildman–Crippen LogP) is 0.839. The third kappa shape index (κ3) is 4.75. The quantitative estimate of drug-likeness (QED) is 0.768. The van der Waals surface area contributed by atoms with E-state index in [1.807, 2.05) is 11.8 Å². The SMILES string of the molecule is CCNC(=O)C[C@@H]1CC[C@H]2[C@@H](COC[C@@H](O)CN2C(=O)C2CCCC2)O1. The summed E-state index contributed by atoms with van der Waals surface area (Å²) in [7, 11) is 0. The van der Waals surface area contributed by atoms with Crippen molar-refractivity contribution in [2.24, 2.45) is 5.92 Å². The molecule has 2 amide bonds. The molecule has 3 rings (SSSR count). The van der Waals surface area contributed by atoms with E-state index in [0.29, 0.717) is 26.1 Å². The Kier molecular flexibility index (Phi) is 6.89. The van der Waals surface area contributed by atoms with Crippen LogP contribution >= 0.6 is 0 Å². The number of carbonyl (C=O) groups excluding carboxylic acids is 2. The number of fused-ring (bicyclic) bond motifs is 1. The summed E-state index contributed by atoms with van der Waals surface area (Å²) in [5.74, 6) is 0.234. The predicted molar refractivity (Wildman–Crippen MR) is 95.5 cm³/mol. The number of hydrogen-bond acceptors (Lipinski definition) is 5. The molecule has 0 radical (unpaired) electrons. The van der Waals surface area contributed by atoms with Crippen molar-refractivity contribution in [1.82, 2.24) is 10.2 Å². The molecule has 1 saturated carbocycles. The smallest absolute Gasteiger partial charge is 0.226 e. The molecule has 26 heavy (non-hydrogen) atoms. The number of nitrogens with one attached hydrogen (secondary N) is 1. The Labute approximate surface area is 155 Å². The highest BCUT2D eigenvalue weighted by atomic mass is 16.5. The first-order chi connectivity index (χ1) is 12.6. The lowest BCUT2D eigenvalue weighted by atomic mass is 9.93. The Morgan fingerprint density at radius 3 is 2.65 bits per heavy atom. The number of hydrogen-bond donors (Lipinski definition) is 2. The van der Waals surface area contributed by atoms with Crippen LogP contribution in [0.3, 0.4) is 0 Å². The second-order valence-corrected chi connectivity index (χ2v) is 7.76. The molecule has 3 aliphatic rings. The lowest BCUT2D eigenvalue weighted by molar-refractivity contribution is -0.171. The lowest BCUT2D eigenvalue weighted by Crippen LogP contribution is -2.58.